The van der Waals surface area contributed by atoms with Gasteiger partial charge in [-0.05, 0) is 85.7 Å². The smallest absolute Gasteiger partial charge is 0.407 e. The van der Waals surface area contributed by atoms with E-state index in [1.807, 2.05) is 19.2 Å². The van der Waals surface area contributed by atoms with Crippen LogP contribution < -0.4 is 20.1 Å². The van der Waals surface area contributed by atoms with Crippen LogP contribution in [0.15, 0.2) is 24.0 Å². The van der Waals surface area contributed by atoms with E-state index >= 15 is 0 Å². The molecule has 5 rings (SSSR count). The molecule has 2 amide bonds. The Morgan fingerprint density at radius 3 is 2.17 bits per heavy atom. The number of hydrogen-bond acceptors (Lipinski definition) is 11. The van der Waals surface area contributed by atoms with E-state index < -0.39 is 52.4 Å². The monoisotopic (exact) mass is 657 g/mol. The van der Waals surface area contributed by atoms with Gasteiger partial charge in [-0.3, -0.25) is 14.5 Å². The second-order valence-electron chi connectivity index (χ2n) is 14.6. The van der Waals surface area contributed by atoms with Crippen molar-refractivity contribution in [2.24, 2.45) is 0 Å². The molecule has 1 fully saturated rings. The Bertz CT molecular complexity index is 1460. The summed E-state index contributed by atoms with van der Waals surface area (Å²) in [6.07, 6.45) is 1.09. The number of benzene rings is 1. The second kappa shape index (κ2) is 12.6. The molecule has 1 spiro atoms. The normalized spacial score (nSPS) is 25.7. The largest absolute Gasteiger partial charge is 0.493 e. The number of likely N-dealkylation sites (N-methyl/N-ethyl adjacent to an activating group) is 1. The molecular formula is C34H47N3O10. The molecule has 1 aromatic carbocycles. The summed E-state index contributed by atoms with van der Waals surface area (Å²) in [5, 5.41) is 5.21. The topological polar surface area (TPSA) is 151 Å². The number of carbonyl (C=O) groups excluding carboxylic acids is 4. The summed E-state index contributed by atoms with van der Waals surface area (Å²) in [4.78, 5) is 53.1. The molecule has 2 bridgehead atoms. The number of methoxy groups -OCH3 is 1. The minimum atomic E-state index is -1.05. The van der Waals surface area contributed by atoms with E-state index in [9.17, 15) is 19.2 Å². The van der Waals surface area contributed by atoms with Crippen LogP contribution in [0.4, 0.5) is 9.59 Å². The molecule has 2 heterocycles. The van der Waals surface area contributed by atoms with E-state index in [-0.39, 0.29) is 38.4 Å². The number of likely N-dealkylation sites (tertiary alicyclic amines) is 1. The van der Waals surface area contributed by atoms with Gasteiger partial charge in [0.2, 0.25) is 0 Å². The van der Waals surface area contributed by atoms with Crippen LogP contribution in [0.25, 0.3) is 0 Å². The number of piperidine rings is 1. The van der Waals surface area contributed by atoms with E-state index in [0.29, 0.717) is 36.6 Å². The number of amides is 2. The van der Waals surface area contributed by atoms with Gasteiger partial charge in [-0.15, -0.1) is 0 Å². The number of nitrogens with one attached hydrogen (secondary N) is 2. The molecular weight excluding hydrogens is 610 g/mol. The molecule has 2 N–H and O–H groups in total. The Hall–Kier alpha value is -4.00. The number of rotatable bonds is 9. The van der Waals surface area contributed by atoms with E-state index in [4.69, 9.17) is 28.4 Å². The average molecular weight is 658 g/mol. The third-order valence-corrected chi connectivity index (χ3v) is 9.04. The van der Waals surface area contributed by atoms with Crippen LogP contribution in [0.1, 0.15) is 78.4 Å². The van der Waals surface area contributed by atoms with Gasteiger partial charge in [-0.2, -0.15) is 0 Å². The molecule has 4 aliphatic rings. The first-order chi connectivity index (χ1) is 22.0. The number of esters is 2. The Morgan fingerprint density at radius 2 is 1.57 bits per heavy atom. The van der Waals surface area contributed by atoms with Gasteiger partial charge < -0.3 is 39.1 Å². The van der Waals surface area contributed by atoms with Crippen molar-refractivity contribution in [1.82, 2.24) is 15.5 Å². The minimum absolute atomic E-state index is 0.0294. The van der Waals surface area contributed by atoms with Crippen molar-refractivity contribution in [3.63, 3.8) is 0 Å². The average Bonchev–Trinajstić information content (AvgIpc) is 3.30. The van der Waals surface area contributed by atoms with Gasteiger partial charge in [0, 0.05) is 25.1 Å². The number of carbonyl (C=O) groups is 4. The molecule has 13 nitrogen and oxygen atoms in total. The lowest BCUT2D eigenvalue weighted by molar-refractivity contribution is -0.206. The molecule has 0 saturated carbocycles. The maximum atomic E-state index is 13.6. The second-order valence-corrected chi connectivity index (χ2v) is 14.6. The van der Waals surface area contributed by atoms with Crippen LogP contribution in [0.2, 0.25) is 0 Å². The molecule has 1 saturated heterocycles. The van der Waals surface area contributed by atoms with E-state index in [2.05, 4.69) is 15.5 Å². The first kappa shape index (κ1) is 34.3. The maximum Gasteiger partial charge on any atom is 0.407 e. The molecule has 2 aliphatic carbocycles. The van der Waals surface area contributed by atoms with Crippen molar-refractivity contribution in [2.75, 3.05) is 33.8 Å². The van der Waals surface area contributed by atoms with Gasteiger partial charge >= 0.3 is 24.1 Å². The number of alkyl carbamates (subject to hydrolysis) is 2. The van der Waals surface area contributed by atoms with Crippen molar-refractivity contribution in [3.05, 3.63) is 35.1 Å². The zero-order valence-corrected chi connectivity index (χ0v) is 28.6. The first-order valence-corrected chi connectivity index (χ1v) is 16.1. The van der Waals surface area contributed by atoms with Gasteiger partial charge in [-0.1, -0.05) is 6.07 Å². The van der Waals surface area contributed by atoms with Crippen LogP contribution in [0.5, 0.6) is 11.5 Å². The predicted molar refractivity (Wildman–Crippen MR) is 169 cm³/mol. The fourth-order valence-corrected chi connectivity index (χ4v) is 7.36. The molecule has 258 valence electrons. The van der Waals surface area contributed by atoms with Gasteiger partial charge in [-0.25, -0.2) is 9.59 Å². The quantitative estimate of drug-likeness (QED) is 0.294. The van der Waals surface area contributed by atoms with E-state index in [0.717, 1.165) is 11.1 Å². The Morgan fingerprint density at radius 1 is 0.957 bits per heavy atom. The van der Waals surface area contributed by atoms with Crippen molar-refractivity contribution < 1.29 is 47.6 Å². The van der Waals surface area contributed by atoms with Crippen molar-refractivity contribution in [1.29, 1.82) is 0 Å². The van der Waals surface area contributed by atoms with E-state index in [1.54, 1.807) is 54.7 Å². The lowest BCUT2D eigenvalue weighted by Crippen LogP contribution is -2.75. The summed E-state index contributed by atoms with van der Waals surface area (Å²) in [5.41, 5.74) is -1.27. The van der Waals surface area contributed by atoms with Crippen LogP contribution in [-0.2, 0) is 40.4 Å². The van der Waals surface area contributed by atoms with Crippen LogP contribution in [0.3, 0.4) is 0 Å². The summed E-state index contributed by atoms with van der Waals surface area (Å²) < 4.78 is 35.4. The number of nitrogens with zero attached hydrogens (tertiary/aromatic N) is 1. The highest BCUT2D eigenvalue weighted by Crippen LogP contribution is 2.66. The fourth-order valence-electron chi connectivity index (χ4n) is 7.36. The minimum Gasteiger partial charge on any atom is -0.493 e. The first-order valence-electron chi connectivity index (χ1n) is 16.1. The molecule has 0 radical (unpaired) electrons. The van der Waals surface area contributed by atoms with Crippen LogP contribution >= 0.6 is 0 Å². The zero-order chi connectivity index (χ0) is 34.4. The van der Waals surface area contributed by atoms with Crippen LogP contribution in [-0.4, -0.2) is 91.8 Å². The molecule has 13 heteroatoms. The fraction of sp³-hybridized carbons (Fsp3) is 0.647. The van der Waals surface area contributed by atoms with Gasteiger partial charge in [0.1, 0.15) is 22.6 Å². The highest BCUT2D eigenvalue weighted by molar-refractivity contribution is 5.75. The summed E-state index contributed by atoms with van der Waals surface area (Å²) in [5.74, 6) is 0.411. The van der Waals surface area contributed by atoms with Crippen molar-refractivity contribution in [3.8, 4) is 11.5 Å². The van der Waals surface area contributed by atoms with E-state index in [1.165, 1.54) is 0 Å². The Kier molecular flexibility index (Phi) is 9.17. The maximum absolute atomic E-state index is 13.6. The number of ether oxygens (including phenoxy) is 6. The highest BCUT2D eigenvalue weighted by atomic mass is 16.6. The Labute approximate surface area is 275 Å². The van der Waals surface area contributed by atoms with Crippen molar-refractivity contribution in [2.45, 2.75) is 108 Å². The molecule has 4 atom stereocenters. The van der Waals surface area contributed by atoms with Crippen molar-refractivity contribution >= 4 is 24.1 Å². The predicted octanol–water partition coefficient (Wildman–Crippen LogP) is 3.90. The van der Waals surface area contributed by atoms with Crippen LogP contribution in [0, 0.1) is 0 Å². The molecule has 2 aliphatic heterocycles. The summed E-state index contributed by atoms with van der Waals surface area (Å²) >= 11 is 0. The third-order valence-electron chi connectivity index (χ3n) is 9.04. The summed E-state index contributed by atoms with van der Waals surface area (Å²) in [7, 11) is 3.59. The lowest BCUT2D eigenvalue weighted by Gasteiger charge is -2.62. The molecule has 1 aromatic rings. The van der Waals surface area contributed by atoms with Gasteiger partial charge in [0.15, 0.2) is 17.6 Å². The Balaban J connectivity index is 1.41. The third kappa shape index (κ3) is 6.59. The SMILES string of the molecule is COc1ccc2c3c1O[C@H]1C(OC(=O)CCNC(=O)OC(C)(C)C)=CC[C@@]4(OC(=O)CCNC(=O)OC(C)(C)C)[C@H](C2)N(C)CC[C@]314. The summed E-state index contributed by atoms with van der Waals surface area (Å²) in [6, 6.07) is 3.71. The zero-order valence-electron chi connectivity index (χ0n) is 28.6. The molecule has 0 aromatic heterocycles. The molecule has 47 heavy (non-hydrogen) atoms. The van der Waals surface area contributed by atoms with Gasteiger partial charge in [0.25, 0.3) is 0 Å². The molecule has 0 unspecified atom stereocenters. The standard InChI is InChI=1S/C34H47N3O10/c1-31(2,3)46-29(40)35-16-12-24(38)43-22-11-14-34(45-25(39)13-17-36-30(41)47-32(4,5)6)23-19-20-9-10-21(42-8)27-26(20)33(34,28(22)44-27)15-18-37(23)7/h9-11,23,28H,12-19H2,1-8H3,(H,35,40)(H,36,41)/t23-,28-,33-,34+/m0/s1. The van der Waals surface area contributed by atoms with Gasteiger partial charge in [0.05, 0.1) is 31.4 Å². The number of hydrogen-bond donors (Lipinski definition) is 2. The lowest BCUT2D eigenvalue weighted by atomic mass is 9.50. The summed E-state index contributed by atoms with van der Waals surface area (Å²) in [6.45, 7) is 11.3. The highest BCUT2D eigenvalue weighted by Gasteiger charge is 2.74.